The van der Waals surface area contributed by atoms with E-state index in [-0.39, 0.29) is 29.9 Å². The number of nitrogens with two attached hydrogens (primary N) is 2. The SMILES string of the molecule is Nc1nc(N)c(CN2CCNC2=O)c(=O)[nH]1. The van der Waals surface area contributed by atoms with E-state index in [2.05, 4.69) is 15.3 Å². The molecule has 6 N–H and O–H groups in total. The lowest BCUT2D eigenvalue weighted by atomic mass is 10.3. The van der Waals surface area contributed by atoms with Crippen molar-refractivity contribution in [1.29, 1.82) is 0 Å². The van der Waals surface area contributed by atoms with E-state index in [9.17, 15) is 9.59 Å². The molecule has 0 bridgehead atoms. The molecule has 2 amide bonds. The first-order valence-electron chi connectivity index (χ1n) is 4.75. The number of hydrogen-bond donors (Lipinski definition) is 4. The Morgan fingerprint density at radius 1 is 1.38 bits per heavy atom. The molecule has 2 heterocycles. The van der Waals surface area contributed by atoms with Gasteiger partial charge in [-0.15, -0.1) is 0 Å². The van der Waals surface area contributed by atoms with E-state index >= 15 is 0 Å². The number of nitrogens with zero attached hydrogens (tertiary/aromatic N) is 2. The van der Waals surface area contributed by atoms with E-state index in [0.29, 0.717) is 13.1 Å². The van der Waals surface area contributed by atoms with Gasteiger partial charge in [0.05, 0.1) is 12.1 Å². The zero-order valence-corrected chi connectivity index (χ0v) is 8.49. The van der Waals surface area contributed by atoms with E-state index in [1.807, 2.05) is 0 Å². The molecule has 0 aromatic carbocycles. The fourth-order valence-electron chi connectivity index (χ4n) is 1.54. The van der Waals surface area contributed by atoms with Crippen LogP contribution in [0.15, 0.2) is 4.79 Å². The van der Waals surface area contributed by atoms with Crippen molar-refractivity contribution in [2.75, 3.05) is 24.6 Å². The number of nitrogens with one attached hydrogen (secondary N) is 2. The van der Waals surface area contributed by atoms with Crippen LogP contribution in [0, 0.1) is 0 Å². The molecule has 0 unspecified atom stereocenters. The highest BCUT2D eigenvalue weighted by Crippen LogP contribution is 2.09. The van der Waals surface area contributed by atoms with Gasteiger partial charge < -0.3 is 21.7 Å². The molecule has 8 heteroatoms. The van der Waals surface area contributed by atoms with E-state index in [4.69, 9.17) is 11.5 Å². The van der Waals surface area contributed by atoms with Gasteiger partial charge in [0, 0.05) is 13.1 Å². The minimum absolute atomic E-state index is 0.0304. The number of H-pyrrole nitrogens is 1. The Morgan fingerprint density at radius 2 is 2.12 bits per heavy atom. The first-order chi connectivity index (χ1) is 7.58. The highest BCUT2D eigenvalue weighted by molar-refractivity contribution is 5.76. The summed E-state index contributed by atoms with van der Waals surface area (Å²) >= 11 is 0. The van der Waals surface area contributed by atoms with Gasteiger partial charge in [-0.25, -0.2) is 4.79 Å². The van der Waals surface area contributed by atoms with Crippen LogP contribution in [-0.4, -0.2) is 34.0 Å². The summed E-state index contributed by atoms with van der Waals surface area (Å²) in [6.07, 6.45) is 0. The molecule has 16 heavy (non-hydrogen) atoms. The molecule has 1 aromatic rings. The maximum atomic E-state index is 11.5. The van der Waals surface area contributed by atoms with Gasteiger partial charge in [-0.1, -0.05) is 0 Å². The van der Waals surface area contributed by atoms with Crippen molar-refractivity contribution in [2.45, 2.75) is 6.54 Å². The summed E-state index contributed by atoms with van der Waals surface area (Å²) in [6, 6.07) is -0.212. The second-order valence-corrected chi connectivity index (χ2v) is 3.47. The molecular formula is C8H12N6O2. The molecule has 86 valence electrons. The minimum atomic E-state index is -0.412. The van der Waals surface area contributed by atoms with Crippen LogP contribution >= 0.6 is 0 Å². The van der Waals surface area contributed by atoms with Crippen LogP contribution in [0.2, 0.25) is 0 Å². The van der Waals surface area contributed by atoms with Crippen LogP contribution in [0.4, 0.5) is 16.6 Å². The molecule has 0 atom stereocenters. The fraction of sp³-hybridized carbons (Fsp3) is 0.375. The summed E-state index contributed by atoms with van der Waals surface area (Å²) in [7, 11) is 0. The molecule has 1 saturated heterocycles. The molecule has 1 fully saturated rings. The van der Waals surface area contributed by atoms with Gasteiger partial charge in [0.1, 0.15) is 5.82 Å². The lowest BCUT2D eigenvalue weighted by Crippen LogP contribution is -2.31. The molecule has 0 saturated carbocycles. The third-order valence-corrected chi connectivity index (χ3v) is 2.36. The smallest absolute Gasteiger partial charge is 0.317 e. The van der Waals surface area contributed by atoms with Crippen LogP contribution in [0.5, 0.6) is 0 Å². The number of aromatic amines is 1. The summed E-state index contributed by atoms with van der Waals surface area (Å²) in [5, 5.41) is 2.63. The predicted octanol–water partition coefficient (Wildman–Crippen LogP) is -1.54. The average molecular weight is 224 g/mol. The Hall–Kier alpha value is -2.25. The van der Waals surface area contributed by atoms with Gasteiger partial charge in [0.15, 0.2) is 0 Å². The van der Waals surface area contributed by atoms with Gasteiger partial charge in [0.2, 0.25) is 5.95 Å². The number of hydrogen-bond acceptors (Lipinski definition) is 5. The number of urea groups is 1. The Morgan fingerprint density at radius 3 is 2.69 bits per heavy atom. The first kappa shape index (κ1) is 10.3. The second kappa shape index (κ2) is 3.72. The molecule has 0 spiro atoms. The minimum Gasteiger partial charge on any atom is -0.383 e. The standard InChI is InChI=1S/C8H12N6O2/c9-5-4(6(15)13-7(10)12-5)3-14-2-1-11-8(14)16/h1-3H2,(H,11,16)(H5,9,10,12,13,15). The van der Waals surface area contributed by atoms with Crippen LogP contribution in [0.25, 0.3) is 0 Å². The van der Waals surface area contributed by atoms with E-state index < -0.39 is 5.56 Å². The summed E-state index contributed by atoms with van der Waals surface area (Å²) < 4.78 is 0. The maximum absolute atomic E-state index is 11.5. The zero-order valence-electron chi connectivity index (χ0n) is 8.49. The number of carbonyl (C=O) groups excluding carboxylic acids is 1. The highest BCUT2D eigenvalue weighted by Gasteiger charge is 2.22. The predicted molar refractivity (Wildman–Crippen MR) is 57.5 cm³/mol. The molecule has 2 rings (SSSR count). The number of nitrogen functional groups attached to an aromatic ring is 2. The van der Waals surface area contributed by atoms with Gasteiger partial charge >= 0.3 is 6.03 Å². The van der Waals surface area contributed by atoms with Crippen molar-refractivity contribution in [3.8, 4) is 0 Å². The summed E-state index contributed by atoms with van der Waals surface area (Å²) in [5.41, 5.74) is 10.7. The van der Waals surface area contributed by atoms with Gasteiger partial charge in [-0.2, -0.15) is 4.98 Å². The van der Waals surface area contributed by atoms with Crippen molar-refractivity contribution in [3.63, 3.8) is 0 Å². The molecule has 1 aromatic heterocycles. The van der Waals surface area contributed by atoms with Crippen LogP contribution in [0.3, 0.4) is 0 Å². The number of aromatic nitrogens is 2. The fourth-order valence-corrected chi connectivity index (χ4v) is 1.54. The van der Waals surface area contributed by atoms with Crippen LogP contribution < -0.4 is 22.3 Å². The largest absolute Gasteiger partial charge is 0.383 e. The van der Waals surface area contributed by atoms with Crippen LogP contribution in [-0.2, 0) is 6.54 Å². The monoisotopic (exact) mass is 224 g/mol. The summed E-state index contributed by atoms with van der Waals surface area (Å²) in [5.74, 6) is 0.0260. The van der Waals surface area contributed by atoms with Crippen molar-refractivity contribution < 1.29 is 4.79 Å². The zero-order chi connectivity index (χ0) is 11.7. The molecule has 0 radical (unpaired) electrons. The lowest BCUT2D eigenvalue weighted by Gasteiger charge is -2.14. The molecule has 1 aliphatic heterocycles. The van der Waals surface area contributed by atoms with Crippen molar-refractivity contribution in [1.82, 2.24) is 20.2 Å². The highest BCUT2D eigenvalue weighted by atomic mass is 16.2. The summed E-state index contributed by atoms with van der Waals surface area (Å²) in [4.78, 5) is 30.4. The number of rotatable bonds is 2. The van der Waals surface area contributed by atoms with Gasteiger partial charge in [0.25, 0.3) is 5.56 Å². The van der Waals surface area contributed by atoms with Gasteiger partial charge in [-0.3, -0.25) is 9.78 Å². The topological polar surface area (TPSA) is 130 Å². The number of amides is 2. The van der Waals surface area contributed by atoms with E-state index in [1.54, 1.807) is 0 Å². The molecule has 8 nitrogen and oxygen atoms in total. The Kier molecular flexibility index (Phi) is 2.39. The Labute approximate surface area is 90.6 Å². The summed E-state index contributed by atoms with van der Waals surface area (Å²) in [6.45, 7) is 1.25. The van der Waals surface area contributed by atoms with Crippen molar-refractivity contribution in [3.05, 3.63) is 15.9 Å². The Bertz CT molecular complexity index is 482. The maximum Gasteiger partial charge on any atom is 0.317 e. The third-order valence-electron chi connectivity index (χ3n) is 2.36. The van der Waals surface area contributed by atoms with Crippen LogP contribution in [0.1, 0.15) is 5.56 Å². The molecule has 0 aliphatic carbocycles. The van der Waals surface area contributed by atoms with Crippen molar-refractivity contribution in [2.24, 2.45) is 0 Å². The number of carbonyl (C=O) groups is 1. The first-order valence-corrected chi connectivity index (χ1v) is 4.75. The van der Waals surface area contributed by atoms with Crippen molar-refractivity contribution >= 4 is 17.8 Å². The van der Waals surface area contributed by atoms with E-state index in [1.165, 1.54) is 4.90 Å². The lowest BCUT2D eigenvalue weighted by molar-refractivity contribution is 0.215. The second-order valence-electron chi connectivity index (χ2n) is 3.47. The average Bonchev–Trinajstić information content (AvgIpc) is 2.57. The van der Waals surface area contributed by atoms with E-state index in [0.717, 1.165) is 0 Å². The molecular weight excluding hydrogens is 212 g/mol. The third kappa shape index (κ3) is 1.76. The normalized spacial score (nSPS) is 15.2. The molecule has 1 aliphatic rings. The van der Waals surface area contributed by atoms with Gasteiger partial charge in [-0.05, 0) is 0 Å². The number of anilines is 2. The quantitative estimate of drug-likeness (QED) is 0.483. The Balaban J connectivity index is 2.28.